The fraction of sp³-hybridized carbons (Fsp3) is 0.857. The van der Waals surface area contributed by atoms with Crippen LogP contribution in [0.5, 0.6) is 0 Å². The van der Waals surface area contributed by atoms with Gasteiger partial charge in [0.1, 0.15) is 54.9 Å². The summed E-state index contributed by atoms with van der Waals surface area (Å²) < 4.78 is 22.9. The van der Waals surface area contributed by atoms with Crippen molar-refractivity contribution in [3.63, 3.8) is 0 Å². The van der Waals surface area contributed by atoms with E-state index in [1.807, 2.05) is 0 Å². The monoisotopic (exact) mass is 581 g/mol. The molecular weight excluding hydrogens is 542 g/mol. The Balaban J connectivity index is 1.95. The molecule has 2 saturated heterocycles. The summed E-state index contributed by atoms with van der Waals surface area (Å²) in [5.74, 6) is -1.16. The van der Waals surface area contributed by atoms with Gasteiger partial charge in [0.2, 0.25) is 0 Å². The first-order valence-corrected chi connectivity index (χ1v) is 12.4. The van der Waals surface area contributed by atoms with Crippen LogP contribution < -0.4 is 27.8 Å². The van der Waals surface area contributed by atoms with E-state index in [1.165, 1.54) is 14.0 Å². The Morgan fingerprint density at radius 3 is 2.17 bits per heavy atom. The maximum absolute atomic E-state index is 12.1. The van der Waals surface area contributed by atoms with Gasteiger partial charge in [-0.1, -0.05) is 0 Å². The molecule has 2 aliphatic heterocycles. The second kappa shape index (κ2) is 12.7. The standard InChI is InChI=1S/C21H39N7O12/c1-5-21(36,4-30)16(40-17-9(26-2)13(34)10(31)6(3-29)38-17)18(37-5)39-15-8(28-20(24)25)11(32)7(27-19(22)23)12(33)14(15)35/h4-18,26,29,31-36H,3H2,1-2H3,(H4,22,23,27)(H4,24,25,28)/t5?,6-,7?,8?,9-,10-,11?,12?,13-,14?,15?,16?,17?,18?,21?/m1/s1. The van der Waals surface area contributed by atoms with Crippen LogP contribution in [0.3, 0.4) is 0 Å². The van der Waals surface area contributed by atoms with Crippen LogP contribution in [0.15, 0.2) is 4.99 Å². The Morgan fingerprint density at radius 1 is 1.00 bits per heavy atom. The molecule has 0 radical (unpaired) electrons. The number of hydrogen-bond acceptors (Lipinski definition) is 15. The van der Waals surface area contributed by atoms with Crippen LogP contribution in [0.1, 0.15) is 6.92 Å². The molecule has 19 nitrogen and oxygen atoms in total. The number of guanidine groups is 2. The summed E-state index contributed by atoms with van der Waals surface area (Å²) in [6.07, 6.45) is -17.3. The summed E-state index contributed by atoms with van der Waals surface area (Å²) in [6.45, 7) is 0.616. The molecule has 0 aromatic carbocycles. The van der Waals surface area contributed by atoms with Crippen molar-refractivity contribution in [3.8, 4) is 0 Å². The van der Waals surface area contributed by atoms with E-state index in [-0.39, 0.29) is 6.29 Å². The van der Waals surface area contributed by atoms with Crippen LogP contribution in [-0.2, 0) is 23.7 Å². The Bertz CT molecular complexity index is 930. The number of ether oxygens (including phenoxy) is 4. The third-order valence-electron chi connectivity index (χ3n) is 7.40. The molecule has 3 fully saturated rings. The molecule has 3 aliphatic rings. The molecule has 0 aromatic rings. The average Bonchev–Trinajstić information content (AvgIpc) is 3.13. The Hall–Kier alpha value is -2.27. The van der Waals surface area contributed by atoms with Gasteiger partial charge in [-0.05, 0) is 14.0 Å². The molecular formula is C21H39N7O12. The van der Waals surface area contributed by atoms with Crippen LogP contribution in [0.4, 0.5) is 0 Å². The van der Waals surface area contributed by atoms with Gasteiger partial charge in [0.15, 0.2) is 36.4 Å². The van der Waals surface area contributed by atoms with Crippen molar-refractivity contribution in [2.24, 2.45) is 22.2 Å². The Morgan fingerprint density at radius 2 is 1.65 bits per heavy atom. The van der Waals surface area contributed by atoms with Gasteiger partial charge in [-0.25, -0.2) is 4.99 Å². The predicted molar refractivity (Wildman–Crippen MR) is 132 cm³/mol. The summed E-state index contributed by atoms with van der Waals surface area (Å²) in [5, 5.41) is 86.6. The number of aldehydes is 1. The van der Waals surface area contributed by atoms with Crippen LogP contribution in [-0.4, -0.2) is 159 Å². The number of aliphatic hydroxyl groups is 7. The number of hydrogen-bond donors (Lipinski definition) is 13. The van der Waals surface area contributed by atoms with Crippen molar-refractivity contribution in [2.75, 3.05) is 13.7 Å². The number of aliphatic hydroxyl groups excluding tert-OH is 6. The number of likely N-dealkylation sites (N-methyl/N-ethyl adjacent to an activating group) is 1. The molecule has 0 aromatic heterocycles. The van der Waals surface area contributed by atoms with Crippen molar-refractivity contribution in [1.82, 2.24) is 10.6 Å². The number of rotatable bonds is 9. The average molecular weight is 582 g/mol. The highest BCUT2D eigenvalue weighted by Crippen LogP contribution is 2.38. The van der Waals surface area contributed by atoms with E-state index in [4.69, 9.17) is 41.6 Å². The van der Waals surface area contributed by atoms with E-state index in [0.717, 1.165) is 0 Å². The van der Waals surface area contributed by atoms with Gasteiger partial charge in [0, 0.05) is 0 Å². The van der Waals surface area contributed by atoms with Gasteiger partial charge < -0.3 is 82.5 Å². The van der Waals surface area contributed by atoms with Gasteiger partial charge in [-0.2, -0.15) is 0 Å². The van der Waals surface area contributed by atoms with Crippen molar-refractivity contribution in [2.45, 2.75) is 98.2 Å². The molecule has 3 rings (SSSR count). The fourth-order valence-corrected chi connectivity index (χ4v) is 5.13. The highest BCUT2D eigenvalue weighted by atomic mass is 16.8. The summed E-state index contributed by atoms with van der Waals surface area (Å²) in [4.78, 5) is 15.8. The first kappa shape index (κ1) is 32.2. The summed E-state index contributed by atoms with van der Waals surface area (Å²) >= 11 is 0. The van der Waals surface area contributed by atoms with E-state index >= 15 is 0 Å². The van der Waals surface area contributed by atoms with Crippen molar-refractivity contribution < 1.29 is 59.5 Å². The highest BCUT2D eigenvalue weighted by Gasteiger charge is 2.60. The van der Waals surface area contributed by atoms with Crippen LogP contribution >= 0.6 is 0 Å². The van der Waals surface area contributed by atoms with E-state index in [1.54, 1.807) is 0 Å². The highest BCUT2D eigenvalue weighted by molar-refractivity contribution is 5.76. The lowest BCUT2D eigenvalue weighted by atomic mass is 9.81. The summed E-state index contributed by atoms with van der Waals surface area (Å²) in [5.41, 5.74) is 13.8. The minimum absolute atomic E-state index is 0.138. The van der Waals surface area contributed by atoms with E-state index in [2.05, 4.69) is 15.6 Å². The molecule has 40 heavy (non-hydrogen) atoms. The molecule has 2 heterocycles. The molecule has 11 unspecified atom stereocenters. The zero-order valence-corrected chi connectivity index (χ0v) is 21.7. The zero-order chi connectivity index (χ0) is 30.1. The molecule has 1 aliphatic carbocycles. The summed E-state index contributed by atoms with van der Waals surface area (Å²) in [7, 11) is 1.42. The van der Waals surface area contributed by atoms with Crippen molar-refractivity contribution in [3.05, 3.63) is 0 Å². The predicted octanol–water partition coefficient (Wildman–Crippen LogP) is -7.95. The minimum atomic E-state index is -2.39. The number of carbonyl (C=O) groups excluding carboxylic acids is 1. The fourth-order valence-electron chi connectivity index (χ4n) is 5.13. The third-order valence-corrected chi connectivity index (χ3v) is 7.40. The largest absolute Gasteiger partial charge is 0.394 e. The molecule has 16 N–H and O–H groups in total. The molecule has 0 bridgehead atoms. The van der Waals surface area contributed by atoms with Crippen molar-refractivity contribution in [1.29, 1.82) is 5.41 Å². The lowest BCUT2D eigenvalue weighted by Crippen LogP contribution is -2.70. The van der Waals surface area contributed by atoms with Gasteiger partial charge in [0.05, 0.1) is 24.8 Å². The van der Waals surface area contributed by atoms with Crippen LogP contribution in [0.2, 0.25) is 0 Å². The smallest absolute Gasteiger partial charge is 0.188 e. The van der Waals surface area contributed by atoms with Gasteiger partial charge >= 0.3 is 0 Å². The maximum atomic E-state index is 12.1. The minimum Gasteiger partial charge on any atom is -0.394 e. The number of aliphatic imine (C=N–C) groups is 1. The van der Waals surface area contributed by atoms with E-state index in [0.29, 0.717) is 0 Å². The Kier molecular flexibility index (Phi) is 10.2. The first-order valence-electron chi connectivity index (χ1n) is 12.4. The van der Waals surface area contributed by atoms with Crippen LogP contribution in [0, 0.1) is 5.41 Å². The second-order valence-corrected chi connectivity index (χ2v) is 9.93. The van der Waals surface area contributed by atoms with Crippen molar-refractivity contribution >= 4 is 18.2 Å². The zero-order valence-electron chi connectivity index (χ0n) is 21.7. The quantitative estimate of drug-likeness (QED) is 0.0682. The maximum Gasteiger partial charge on any atom is 0.188 e. The molecule has 0 amide bonds. The topological polar surface area (TPSA) is 334 Å². The van der Waals surface area contributed by atoms with Crippen LogP contribution in [0.25, 0.3) is 0 Å². The second-order valence-electron chi connectivity index (χ2n) is 9.93. The third kappa shape index (κ3) is 6.00. The molecule has 230 valence electrons. The van der Waals surface area contributed by atoms with Gasteiger partial charge in [-0.3, -0.25) is 10.2 Å². The number of nitrogens with one attached hydrogen (secondary N) is 3. The Labute approximate surface area is 228 Å². The number of nitrogens with two attached hydrogens (primary N) is 3. The normalized spacial score (nSPS) is 47.4. The molecule has 1 saturated carbocycles. The first-order chi connectivity index (χ1) is 18.7. The summed E-state index contributed by atoms with van der Waals surface area (Å²) in [6, 6.07) is -4.02. The van der Waals surface area contributed by atoms with E-state index < -0.39 is 110 Å². The SMILES string of the molecule is CN[C@H]1C(OC2C(OC3C(O)C(O)C(N=C(N)N)C(O)C3NC(=N)N)OC(C)C2(O)C=O)O[C@H](CO)[C@@H](O)[C@@H]1O. The lowest BCUT2D eigenvalue weighted by molar-refractivity contribution is -0.314. The molecule has 0 spiro atoms. The number of carbonyl (C=O) groups is 1. The molecule has 15 atom stereocenters. The van der Waals surface area contributed by atoms with Gasteiger partial charge in [-0.15, -0.1) is 0 Å². The number of nitrogens with zero attached hydrogens (tertiary/aromatic N) is 1. The lowest BCUT2D eigenvalue weighted by Gasteiger charge is -2.46. The van der Waals surface area contributed by atoms with E-state index in [9.17, 15) is 40.5 Å². The molecule has 19 heteroatoms. The van der Waals surface area contributed by atoms with Gasteiger partial charge in [0.25, 0.3) is 0 Å².